The first-order valence-corrected chi connectivity index (χ1v) is 11.4. The van der Waals surface area contributed by atoms with E-state index in [2.05, 4.69) is 30.5 Å². The van der Waals surface area contributed by atoms with Crippen LogP contribution in [-0.2, 0) is 24.7 Å². The van der Waals surface area contributed by atoms with E-state index in [-0.39, 0.29) is 6.42 Å². The van der Waals surface area contributed by atoms with Gasteiger partial charge in [-0.05, 0) is 56.0 Å². The van der Waals surface area contributed by atoms with E-state index in [1.54, 1.807) is 5.64 Å². The molecule has 0 amide bonds. The first-order chi connectivity index (χ1) is 14.8. The minimum Gasteiger partial charge on any atom is -0.481 e. The predicted molar refractivity (Wildman–Crippen MR) is 113 cm³/mol. The molecule has 0 aromatic carbocycles. The SMILES string of the molecule is O=C(O)CCCCNCCCCCCCCCCCCCNCCOONOOO. The van der Waals surface area contributed by atoms with Crippen LogP contribution in [0.4, 0.5) is 0 Å². The van der Waals surface area contributed by atoms with Crippen molar-refractivity contribution in [2.75, 3.05) is 32.8 Å². The lowest BCUT2D eigenvalue weighted by Crippen LogP contribution is -2.23. The Hall–Kier alpha value is -0.850. The largest absolute Gasteiger partial charge is 0.481 e. The summed E-state index contributed by atoms with van der Waals surface area (Å²) < 4.78 is 0. The molecule has 0 aromatic rings. The van der Waals surface area contributed by atoms with Crippen LogP contribution < -0.4 is 16.3 Å². The van der Waals surface area contributed by atoms with Crippen molar-refractivity contribution in [3.8, 4) is 0 Å². The highest BCUT2D eigenvalue weighted by Crippen LogP contribution is 2.11. The van der Waals surface area contributed by atoms with Crippen LogP contribution >= 0.6 is 0 Å². The predicted octanol–water partition coefficient (Wildman–Crippen LogP) is 3.50. The number of carboxylic acids is 1. The maximum Gasteiger partial charge on any atom is 0.303 e. The Bertz CT molecular complexity index is 352. The van der Waals surface area contributed by atoms with E-state index >= 15 is 0 Å². The third kappa shape index (κ3) is 27.1. The molecule has 0 unspecified atom stereocenters. The first-order valence-electron chi connectivity index (χ1n) is 11.4. The molecule has 30 heavy (non-hydrogen) atoms. The Morgan fingerprint density at radius 1 is 0.633 bits per heavy atom. The van der Waals surface area contributed by atoms with Crippen LogP contribution in [-0.4, -0.2) is 49.1 Å². The van der Waals surface area contributed by atoms with Crippen LogP contribution in [0.15, 0.2) is 0 Å². The maximum atomic E-state index is 10.4. The standard InChI is InChI=1S/C20H43N3O7/c24-20(25)14-10-13-17-21-15-11-8-6-4-2-1-3-5-7-9-12-16-22-18-19-27-28-23-29-30-26/h21-23,26H,1-19H2,(H,24,25). The van der Waals surface area contributed by atoms with Crippen LogP contribution in [0.2, 0.25) is 0 Å². The molecule has 0 aromatic heterocycles. The molecule has 0 saturated carbocycles. The Kier molecular flexibility index (Phi) is 25.4. The average Bonchev–Trinajstić information content (AvgIpc) is 2.73. The topological polar surface area (TPSA) is 131 Å². The van der Waals surface area contributed by atoms with Gasteiger partial charge in [0.25, 0.3) is 0 Å². The fraction of sp³-hybridized carbons (Fsp3) is 0.950. The quantitative estimate of drug-likeness (QED) is 0.0778. The maximum absolute atomic E-state index is 10.4. The van der Waals surface area contributed by atoms with E-state index in [4.69, 9.17) is 10.4 Å². The van der Waals surface area contributed by atoms with Crippen molar-refractivity contribution in [2.24, 2.45) is 0 Å². The summed E-state index contributed by atoms with van der Waals surface area (Å²) in [6, 6.07) is 0. The molecule has 0 radical (unpaired) electrons. The number of hydrogen-bond donors (Lipinski definition) is 5. The number of carbonyl (C=O) groups is 1. The minimum absolute atomic E-state index is 0.282. The summed E-state index contributed by atoms with van der Waals surface area (Å²) in [7, 11) is 0. The molecule has 10 heteroatoms. The molecule has 0 aliphatic carbocycles. The molecule has 0 heterocycles. The number of nitrogens with one attached hydrogen (secondary N) is 3. The van der Waals surface area contributed by atoms with E-state index in [0.717, 1.165) is 38.9 Å². The number of rotatable bonds is 26. The van der Waals surface area contributed by atoms with Crippen molar-refractivity contribution in [3.05, 3.63) is 0 Å². The average molecular weight is 438 g/mol. The summed E-state index contributed by atoms with van der Waals surface area (Å²) in [6.07, 6.45) is 16.2. The fourth-order valence-electron chi connectivity index (χ4n) is 3.08. The van der Waals surface area contributed by atoms with Crippen molar-refractivity contribution < 1.29 is 35.1 Å². The molecule has 0 aliphatic heterocycles. The molecule has 0 spiro atoms. The number of aliphatic carboxylic acids is 1. The normalized spacial score (nSPS) is 11.2. The van der Waals surface area contributed by atoms with E-state index in [1.165, 1.54) is 64.2 Å². The van der Waals surface area contributed by atoms with Gasteiger partial charge in [-0.2, -0.15) is 0 Å². The highest BCUT2D eigenvalue weighted by atomic mass is 17.5. The molecule has 180 valence electrons. The number of hydrogen-bond acceptors (Lipinski definition) is 9. The number of carboxylic acid groups (broad SMARTS) is 1. The second kappa shape index (κ2) is 26.2. The van der Waals surface area contributed by atoms with Gasteiger partial charge in [0.15, 0.2) is 0 Å². The molecule has 0 saturated heterocycles. The van der Waals surface area contributed by atoms with Gasteiger partial charge in [0, 0.05) is 13.0 Å². The Balaban J connectivity index is 2.99. The summed E-state index contributed by atoms with van der Waals surface area (Å²) in [4.78, 5) is 23.2. The summed E-state index contributed by atoms with van der Waals surface area (Å²) >= 11 is 0. The molecular formula is C20H43N3O7. The highest BCUT2D eigenvalue weighted by molar-refractivity contribution is 5.66. The van der Waals surface area contributed by atoms with Gasteiger partial charge in [-0.1, -0.05) is 62.8 Å². The van der Waals surface area contributed by atoms with Gasteiger partial charge in [-0.15, -0.1) is 4.99 Å². The third-order valence-electron chi connectivity index (χ3n) is 4.73. The monoisotopic (exact) mass is 437 g/mol. The van der Waals surface area contributed by atoms with Crippen molar-refractivity contribution in [3.63, 3.8) is 0 Å². The fourth-order valence-corrected chi connectivity index (χ4v) is 3.08. The van der Waals surface area contributed by atoms with Gasteiger partial charge in [0.2, 0.25) is 0 Å². The second-order valence-electron chi connectivity index (χ2n) is 7.39. The van der Waals surface area contributed by atoms with Crippen molar-refractivity contribution in [2.45, 2.75) is 89.9 Å². The molecule has 0 fully saturated rings. The van der Waals surface area contributed by atoms with Crippen molar-refractivity contribution in [1.82, 2.24) is 16.3 Å². The van der Waals surface area contributed by atoms with Crippen LogP contribution in [0.25, 0.3) is 0 Å². The van der Waals surface area contributed by atoms with Crippen LogP contribution in [0, 0.1) is 0 Å². The zero-order valence-corrected chi connectivity index (χ0v) is 18.4. The smallest absolute Gasteiger partial charge is 0.303 e. The van der Waals surface area contributed by atoms with Crippen molar-refractivity contribution in [1.29, 1.82) is 0 Å². The molecule has 0 aliphatic rings. The lowest BCUT2D eigenvalue weighted by molar-refractivity contribution is -0.576. The molecule has 5 N–H and O–H groups in total. The van der Waals surface area contributed by atoms with Crippen LogP contribution in [0.1, 0.15) is 89.9 Å². The summed E-state index contributed by atoms with van der Waals surface area (Å²) in [6.45, 7) is 3.97. The molecule has 0 bridgehead atoms. The van der Waals surface area contributed by atoms with Crippen LogP contribution in [0.3, 0.4) is 0 Å². The molecule has 0 atom stereocenters. The van der Waals surface area contributed by atoms with Crippen molar-refractivity contribution >= 4 is 5.97 Å². The number of unbranched alkanes of at least 4 members (excludes halogenated alkanes) is 11. The lowest BCUT2D eigenvalue weighted by atomic mass is 10.1. The molecule has 0 rings (SSSR count). The molecule has 10 nitrogen and oxygen atoms in total. The van der Waals surface area contributed by atoms with Gasteiger partial charge in [-0.3, -0.25) is 4.79 Å². The van der Waals surface area contributed by atoms with Gasteiger partial charge in [-0.25, -0.2) is 10.1 Å². The Labute approximate surface area is 180 Å². The zero-order valence-electron chi connectivity index (χ0n) is 18.4. The minimum atomic E-state index is -0.699. The van der Waals surface area contributed by atoms with E-state index in [9.17, 15) is 4.79 Å². The van der Waals surface area contributed by atoms with Crippen LogP contribution in [0.5, 0.6) is 0 Å². The van der Waals surface area contributed by atoms with E-state index in [0.29, 0.717) is 13.2 Å². The first kappa shape index (κ1) is 29.1. The Morgan fingerprint density at radius 3 is 1.60 bits per heavy atom. The second-order valence-corrected chi connectivity index (χ2v) is 7.39. The van der Waals surface area contributed by atoms with E-state index in [1.807, 2.05) is 0 Å². The van der Waals surface area contributed by atoms with Gasteiger partial charge in [0.1, 0.15) is 0 Å². The Morgan fingerprint density at radius 2 is 1.10 bits per heavy atom. The van der Waals surface area contributed by atoms with Gasteiger partial charge >= 0.3 is 5.97 Å². The zero-order chi connectivity index (χ0) is 22.0. The molecular weight excluding hydrogens is 394 g/mol. The lowest BCUT2D eigenvalue weighted by Gasteiger charge is -2.06. The van der Waals surface area contributed by atoms with Gasteiger partial charge in [0.05, 0.1) is 6.61 Å². The van der Waals surface area contributed by atoms with E-state index < -0.39 is 5.97 Å². The summed E-state index contributed by atoms with van der Waals surface area (Å²) in [5, 5.41) is 26.3. The third-order valence-corrected chi connectivity index (χ3v) is 4.73. The van der Waals surface area contributed by atoms with Gasteiger partial charge < -0.3 is 15.7 Å². The highest BCUT2D eigenvalue weighted by Gasteiger charge is 1.97. The summed E-state index contributed by atoms with van der Waals surface area (Å²) in [5.74, 6) is -0.699. The summed E-state index contributed by atoms with van der Waals surface area (Å²) in [5.41, 5.74) is 1.76.